The number of carbonyl (C=O) groups is 1. The fourth-order valence-corrected chi connectivity index (χ4v) is 2.08. The van der Waals surface area contributed by atoms with E-state index in [-0.39, 0.29) is 24.5 Å². The van der Waals surface area contributed by atoms with Gasteiger partial charge in [-0.05, 0) is 23.3 Å². The van der Waals surface area contributed by atoms with Crippen molar-refractivity contribution in [2.75, 3.05) is 6.61 Å². The van der Waals surface area contributed by atoms with Crippen molar-refractivity contribution in [3.8, 4) is 0 Å². The minimum Gasteiger partial charge on any atom is -0.392 e. The van der Waals surface area contributed by atoms with Gasteiger partial charge in [0.1, 0.15) is 5.82 Å². The maximum atomic E-state index is 13.3. The van der Waals surface area contributed by atoms with Crippen molar-refractivity contribution in [1.29, 1.82) is 0 Å². The molecule has 0 heterocycles. The third kappa shape index (κ3) is 5.81. The molecule has 23 heavy (non-hydrogen) atoms. The molecular formula is C18H20FNO3. The van der Waals surface area contributed by atoms with Gasteiger partial charge >= 0.3 is 0 Å². The highest BCUT2D eigenvalue weighted by molar-refractivity contribution is 5.75. The van der Waals surface area contributed by atoms with Gasteiger partial charge in [-0.15, -0.1) is 0 Å². The summed E-state index contributed by atoms with van der Waals surface area (Å²) in [6.07, 6.45) is 0.265. The highest BCUT2D eigenvalue weighted by Crippen LogP contribution is 2.10. The molecule has 5 heteroatoms. The number of carbonyl (C=O) groups excluding carboxylic acids is 1. The zero-order chi connectivity index (χ0) is 16.5. The van der Waals surface area contributed by atoms with Crippen molar-refractivity contribution in [2.45, 2.75) is 26.2 Å². The fraction of sp³-hybridized carbons (Fsp3) is 0.278. The Labute approximate surface area is 134 Å². The molecule has 0 aliphatic heterocycles. The molecule has 0 saturated carbocycles. The van der Waals surface area contributed by atoms with Crippen LogP contribution in [-0.2, 0) is 29.3 Å². The Morgan fingerprint density at radius 2 is 1.91 bits per heavy atom. The smallest absolute Gasteiger partial charge is 0.222 e. The molecular weight excluding hydrogens is 297 g/mol. The average molecular weight is 317 g/mol. The predicted molar refractivity (Wildman–Crippen MR) is 84.9 cm³/mol. The lowest BCUT2D eigenvalue weighted by Crippen LogP contribution is -2.24. The van der Waals surface area contributed by atoms with Crippen LogP contribution < -0.4 is 5.32 Å². The second-order valence-corrected chi connectivity index (χ2v) is 5.15. The third-order valence-corrected chi connectivity index (χ3v) is 3.36. The van der Waals surface area contributed by atoms with Crippen molar-refractivity contribution in [1.82, 2.24) is 5.32 Å². The Hall–Kier alpha value is -2.24. The second-order valence-electron chi connectivity index (χ2n) is 5.15. The van der Waals surface area contributed by atoms with Crippen LogP contribution in [-0.4, -0.2) is 17.6 Å². The summed E-state index contributed by atoms with van der Waals surface area (Å²) in [4.78, 5) is 11.7. The molecule has 122 valence electrons. The number of hydrogen-bond donors (Lipinski definition) is 2. The highest BCUT2D eigenvalue weighted by Gasteiger charge is 2.05. The van der Waals surface area contributed by atoms with E-state index in [4.69, 9.17) is 9.84 Å². The maximum absolute atomic E-state index is 13.3. The van der Waals surface area contributed by atoms with E-state index in [1.165, 1.54) is 6.07 Å². The number of ether oxygens (including phenoxy) is 1. The van der Waals surface area contributed by atoms with Crippen LogP contribution in [0, 0.1) is 5.82 Å². The number of aliphatic hydroxyl groups excluding tert-OH is 1. The molecule has 0 fully saturated rings. The van der Waals surface area contributed by atoms with E-state index >= 15 is 0 Å². The Balaban J connectivity index is 1.67. The molecule has 0 bridgehead atoms. The maximum Gasteiger partial charge on any atom is 0.222 e. The number of hydrogen-bond acceptors (Lipinski definition) is 3. The number of nitrogens with one attached hydrogen (secondary N) is 1. The van der Waals surface area contributed by atoms with Crippen LogP contribution in [0.4, 0.5) is 4.39 Å². The third-order valence-electron chi connectivity index (χ3n) is 3.36. The molecule has 0 unspecified atom stereocenters. The molecule has 0 aromatic heterocycles. The highest BCUT2D eigenvalue weighted by atomic mass is 19.1. The summed E-state index contributed by atoms with van der Waals surface area (Å²) in [5, 5.41) is 11.8. The molecule has 1 amide bonds. The first-order valence-corrected chi connectivity index (χ1v) is 7.45. The minimum atomic E-state index is -0.447. The van der Waals surface area contributed by atoms with Gasteiger partial charge in [0.2, 0.25) is 5.91 Å². The standard InChI is InChI=1S/C18H20FNO3/c19-17-7-6-15(10-16(17)12-21)11-20-18(22)8-9-23-13-14-4-2-1-3-5-14/h1-7,10,21H,8-9,11-13H2,(H,20,22). The van der Waals surface area contributed by atoms with E-state index in [0.717, 1.165) is 11.1 Å². The van der Waals surface area contributed by atoms with E-state index in [1.54, 1.807) is 12.1 Å². The van der Waals surface area contributed by atoms with E-state index in [0.29, 0.717) is 19.8 Å². The largest absolute Gasteiger partial charge is 0.392 e. The van der Waals surface area contributed by atoms with Crippen LogP contribution >= 0.6 is 0 Å². The molecule has 0 saturated heterocycles. The number of benzene rings is 2. The first-order chi connectivity index (χ1) is 11.2. The van der Waals surface area contributed by atoms with E-state index in [9.17, 15) is 9.18 Å². The number of aliphatic hydroxyl groups is 1. The van der Waals surface area contributed by atoms with Crippen molar-refractivity contribution >= 4 is 5.91 Å². The first-order valence-electron chi connectivity index (χ1n) is 7.45. The summed E-state index contributed by atoms with van der Waals surface area (Å²) < 4.78 is 18.7. The summed E-state index contributed by atoms with van der Waals surface area (Å²) >= 11 is 0. The van der Waals surface area contributed by atoms with Gasteiger partial charge in [-0.3, -0.25) is 4.79 Å². The zero-order valence-electron chi connectivity index (χ0n) is 12.8. The zero-order valence-corrected chi connectivity index (χ0v) is 12.8. The van der Waals surface area contributed by atoms with Gasteiger partial charge < -0.3 is 15.2 Å². The molecule has 2 aromatic rings. The van der Waals surface area contributed by atoms with E-state index in [2.05, 4.69) is 5.32 Å². The van der Waals surface area contributed by atoms with Crippen molar-refractivity contribution in [2.24, 2.45) is 0 Å². The quantitative estimate of drug-likeness (QED) is 0.736. The average Bonchev–Trinajstić information content (AvgIpc) is 2.59. The Morgan fingerprint density at radius 3 is 2.65 bits per heavy atom. The van der Waals surface area contributed by atoms with Gasteiger partial charge in [0, 0.05) is 18.5 Å². The number of halogens is 1. The summed E-state index contributed by atoms with van der Waals surface area (Å²) in [7, 11) is 0. The molecule has 2 N–H and O–H groups in total. The van der Waals surface area contributed by atoms with E-state index < -0.39 is 5.82 Å². The Kier molecular flexibility index (Phi) is 6.72. The molecule has 0 atom stereocenters. The Morgan fingerprint density at radius 1 is 1.13 bits per heavy atom. The topological polar surface area (TPSA) is 58.6 Å². The second kappa shape index (κ2) is 9.02. The summed E-state index contributed by atoms with van der Waals surface area (Å²) in [6.45, 7) is 0.754. The van der Waals surface area contributed by atoms with Crippen LogP contribution in [0.5, 0.6) is 0 Å². The molecule has 0 aliphatic carbocycles. The van der Waals surface area contributed by atoms with Crippen molar-refractivity contribution in [3.63, 3.8) is 0 Å². The molecule has 0 aliphatic rings. The SMILES string of the molecule is O=C(CCOCc1ccccc1)NCc1ccc(F)c(CO)c1. The predicted octanol–water partition coefficient (Wildman–Crippen LogP) is 2.54. The monoisotopic (exact) mass is 317 g/mol. The van der Waals surface area contributed by atoms with Crippen LogP contribution in [0.2, 0.25) is 0 Å². The van der Waals surface area contributed by atoms with Gasteiger partial charge in [0.25, 0.3) is 0 Å². The number of amides is 1. The van der Waals surface area contributed by atoms with Gasteiger partial charge in [-0.1, -0.05) is 36.4 Å². The number of rotatable bonds is 8. The van der Waals surface area contributed by atoms with Crippen LogP contribution in [0.25, 0.3) is 0 Å². The molecule has 0 spiro atoms. The van der Waals surface area contributed by atoms with Crippen LogP contribution in [0.3, 0.4) is 0 Å². The fourth-order valence-electron chi connectivity index (χ4n) is 2.08. The first kappa shape index (κ1) is 17.1. The van der Waals surface area contributed by atoms with Crippen molar-refractivity contribution < 1.29 is 19.0 Å². The van der Waals surface area contributed by atoms with Crippen molar-refractivity contribution in [3.05, 3.63) is 71.0 Å². The minimum absolute atomic E-state index is 0.132. The van der Waals surface area contributed by atoms with Gasteiger partial charge in [0.05, 0.1) is 19.8 Å². The lowest BCUT2D eigenvalue weighted by molar-refractivity contribution is -0.122. The summed E-state index contributed by atoms with van der Waals surface area (Å²) in [5.74, 6) is -0.579. The molecule has 2 aromatic carbocycles. The normalized spacial score (nSPS) is 10.5. The lowest BCUT2D eigenvalue weighted by atomic mass is 10.1. The van der Waals surface area contributed by atoms with Gasteiger partial charge in [-0.2, -0.15) is 0 Å². The van der Waals surface area contributed by atoms with Crippen LogP contribution in [0.1, 0.15) is 23.1 Å². The molecule has 2 rings (SSSR count). The summed E-state index contributed by atoms with van der Waals surface area (Å²) in [6, 6.07) is 14.2. The molecule has 0 radical (unpaired) electrons. The lowest BCUT2D eigenvalue weighted by Gasteiger charge is -2.08. The summed E-state index contributed by atoms with van der Waals surface area (Å²) in [5.41, 5.74) is 2.03. The van der Waals surface area contributed by atoms with Crippen LogP contribution in [0.15, 0.2) is 48.5 Å². The molecule has 4 nitrogen and oxygen atoms in total. The van der Waals surface area contributed by atoms with Gasteiger partial charge in [0.15, 0.2) is 0 Å². The van der Waals surface area contributed by atoms with Gasteiger partial charge in [-0.25, -0.2) is 4.39 Å². The Bertz CT molecular complexity index is 631. The van der Waals surface area contributed by atoms with E-state index in [1.807, 2.05) is 30.3 Å².